The van der Waals surface area contributed by atoms with Gasteiger partial charge < -0.3 is 14.8 Å². The van der Waals surface area contributed by atoms with Gasteiger partial charge in [0.1, 0.15) is 11.6 Å². The molecule has 0 radical (unpaired) electrons. The number of aryl methyl sites for hydroxylation is 1. The van der Waals surface area contributed by atoms with Crippen molar-refractivity contribution in [3.63, 3.8) is 0 Å². The predicted octanol–water partition coefficient (Wildman–Crippen LogP) is 3.82. The van der Waals surface area contributed by atoms with Crippen molar-refractivity contribution in [2.75, 3.05) is 18.5 Å². The lowest BCUT2D eigenvalue weighted by Gasteiger charge is -2.16. The lowest BCUT2D eigenvalue weighted by molar-refractivity contribution is -0.149. The summed E-state index contributed by atoms with van der Waals surface area (Å²) in [6.45, 7) is 5.15. The summed E-state index contributed by atoms with van der Waals surface area (Å²) < 4.78 is 23.0. The van der Waals surface area contributed by atoms with Crippen molar-refractivity contribution in [3.05, 3.63) is 59.4 Å². The minimum atomic E-state index is -0.710. The number of nitrogens with one attached hydrogen (secondary N) is 1. The summed E-state index contributed by atoms with van der Waals surface area (Å²) in [7, 11) is 0. The van der Waals surface area contributed by atoms with E-state index < -0.39 is 30.9 Å². The Morgan fingerprint density at radius 3 is 2.54 bits per heavy atom. The van der Waals surface area contributed by atoms with Gasteiger partial charge in [-0.1, -0.05) is 38.1 Å². The van der Waals surface area contributed by atoms with Gasteiger partial charge in [0, 0.05) is 11.8 Å². The maximum Gasteiger partial charge on any atom is 0.344 e. The first-order valence-electron chi connectivity index (χ1n) is 8.30. The summed E-state index contributed by atoms with van der Waals surface area (Å²) in [5, 5.41) is 2.79. The molecule has 0 atom stereocenters. The maximum atomic E-state index is 13.0. The van der Waals surface area contributed by atoms with Crippen molar-refractivity contribution < 1.29 is 23.5 Å². The highest BCUT2D eigenvalue weighted by atomic mass is 19.1. The molecular weight excluding hydrogens is 337 g/mol. The average molecular weight is 359 g/mol. The molecule has 0 aliphatic heterocycles. The van der Waals surface area contributed by atoms with Gasteiger partial charge in [-0.05, 0) is 36.1 Å². The van der Waals surface area contributed by atoms with Crippen LogP contribution in [0.1, 0.15) is 30.9 Å². The molecule has 2 aromatic carbocycles. The molecule has 138 valence electrons. The summed E-state index contributed by atoms with van der Waals surface area (Å²) in [6.07, 6.45) is 0. The summed E-state index contributed by atoms with van der Waals surface area (Å²) in [4.78, 5) is 23.8. The number of ether oxygens (including phenoxy) is 2. The van der Waals surface area contributed by atoms with E-state index in [1.54, 1.807) is 0 Å². The second kappa shape index (κ2) is 8.99. The van der Waals surface area contributed by atoms with Crippen molar-refractivity contribution in [3.8, 4) is 5.75 Å². The average Bonchev–Trinajstić information content (AvgIpc) is 2.59. The zero-order valence-corrected chi connectivity index (χ0v) is 15.0. The fourth-order valence-corrected chi connectivity index (χ4v) is 2.40. The van der Waals surface area contributed by atoms with E-state index in [9.17, 15) is 14.0 Å². The zero-order chi connectivity index (χ0) is 19.1. The number of carbonyl (C=O) groups is 2. The van der Waals surface area contributed by atoms with E-state index >= 15 is 0 Å². The molecule has 0 fully saturated rings. The Kier molecular flexibility index (Phi) is 6.72. The number of hydrogen-bond donors (Lipinski definition) is 1. The molecule has 0 aliphatic rings. The number of halogens is 1. The molecule has 0 saturated carbocycles. The van der Waals surface area contributed by atoms with Gasteiger partial charge in [0.05, 0.1) is 0 Å². The smallest absolute Gasteiger partial charge is 0.344 e. The number of amides is 1. The van der Waals surface area contributed by atoms with E-state index in [0.29, 0.717) is 0 Å². The van der Waals surface area contributed by atoms with Gasteiger partial charge in [-0.2, -0.15) is 0 Å². The lowest BCUT2D eigenvalue weighted by Crippen LogP contribution is -2.24. The first-order chi connectivity index (χ1) is 12.4. The lowest BCUT2D eigenvalue weighted by atomic mass is 9.98. The molecule has 0 aliphatic carbocycles. The Labute approximate surface area is 152 Å². The molecule has 26 heavy (non-hydrogen) atoms. The van der Waals surface area contributed by atoms with Gasteiger partial charge in [0.15, 0.2) is 13.2 Å². The molecule has 6 heteroatoms. The zero-order valence-electron chi connectivity index (χ0n) is 15.0. The van der Waals surface area contributed by atoms with Crippen LogP contribution in [0.3, 0.4) is 0 Å². The Morgan fingerprint density at radius 1 is 1.12 bits per heavy atom. The van der Waals surface area contributed by atoms with Crippen LogP contribution < -0.4 is 10.1 Å². The molecule has 0 aromatic heterocycles. The molecule has 0 bridgehead atoms. The van der Waals surface area contributed by atoms with E-state index in [2.05, 4.69) is 5.32 Å². The van der Waals surface area contributed by atoms with E-state index in [1.807, 2.05) is 39.0 Å². The van der Waals surface area contributed by atoms with Gasteiger partial charge in [0.2, 0.25) is 0 Å². The van der Waals surface area contributed by atoms with Gasteiger partial charge in [-0.25, -0.2) is 9.18 Å². The van der Waals surface area contributed by atoms with Crippen LogP contribution in [0.2, 0.25) is 0 Å². The van der Waals surface area contributed by atoms with Crippen LogP contribution in [0.4, 0.5) is 10.1 Å². The van der Waals surface area contributed by atoms with Gasteiger partial charge >= 0.3 is 5.97 Å². The van der Waals surface area contributed by atoms with Crippen LogP contribution in [0.25, 0.3) is 0 Å². The number of carbonyl (C=O) groups excluding carboxylic acids is 2. The van der Waals surface area contributed by atoms with Crippen molar-refractivity contribution >= 4 is 17.6 Å². The monoisotopic (exact) mass is 359 g/mol. The fourth-order valence-electron chi connectivity index (χ4n) is 2.40. The Hall–Kier alpha value is -2.89. The normalized spacial score (nSPS) is 10.5. The highest BCUT2D eigenvalue weighted by molar-refractivity contribution is 5.94. The Bertz CT molecular complexity index is 789. The van der Waals surface area contributed by atoms with E-state index in [0.717, 1.165) is 22.9 Å². The van der Waals surface area contributed by atoms with Crippen molar-refractivity contribution in [1.82, 2.24) is 0 Å². The van der Waals surface area contributed by atoms with Gasteiger partial charge in [-0.3, -0.25) is 4.79 Å². The highest BCUT2D eigenvalue weighted by Crippen LogP contribution is 2.27. The van der Waals surface area contributed by atoms with Crippen molar-refractivity contribution in [1.29, 1.82) is 0 Å². The second-order valence-electron chi connectivity index (χ2n) is 6.15. The highest BCUT2D eigenvalue weighted by Gasteiger charge is 2.14. The molecule has 1 N–H and O–H groups in total. The van der Waals surface area contributed by atoms with Gasteiger partial charge in [0.25, 0.3) is 5.91 Å². The van der Waals surface area contributed by atoms with Crippen LogP contribution in [0.15, 0.2) is 42.5 Å². The third-order valence-electron chi connectivity index (χ3n) is 3.71. The Morgan fingerprint density at radius 2 is 1.85 bits per heavy atom. The summed E-state index contributed by atoms with van der Waals surface area (Å²) in [6, 6.07) is 11.2. The van der Waals surface area contributed by atoms with E-state index in [1.165, 1.54) is 18.2 Å². The minimum Gasteiger partial charge on any atom is -0.482 e. The fraction of sp³-hybridized carbons (Fsp3) is 0.300. The van der Waals surface area contributed by atoms with Crippen LogP contribution in [-0.2, 0) is 14.3 Å². The molecule has 1 amide bonds. The third kappa shape index (κ3) is 5.58. The van der Waals surface area contributed by atoms with Crippen LogP contribution >= 0.6 is 0 Å². The number of anilines is 1. The molecule has 0 heterocycles. The second-order valence-corrected chi connectivity index (χ2v) is 6.15. The molecule has 2 aromatic rings. The largest absolute Gasteiger partial charge is 0.482 e. The summed E-state index contributed by atoms with van der Waals surface area (Å²) in [5.41, 5.74) is 2.68. The number of para-hydroxylation sites is 1. The summed E-state index contributed by atoms with van der Waals surface area (Å²) >= 11 is 0. The van der Waals surface area contributed by atoms with E-state index in [-0.39, 0.29) is 11.7 Å². The SMILES string of the molecule is Cc1cccc(C(C)C)c1NC(=O)COC(=O)COc1cccc(F)c1. The van der Waals surface area contributed by atoms with E-state index in [4.69, 9.17) is 9.47 Å². The predicted molar refractivity (Wildman–Crippen MR) is 96.8 cm³/mol. The number of benzene rings is 2. The third-order valence-corrected chi connectivity index (χ3v) is 3.71. The topological polar surface area (TPSA) is 64.6 Å². The van der Waals surface area contributed by atoms with Crippen LogP contribution in [0.5, 0.6) is 5.75 Å². The molecular formula is C20H22FNO4. The standard InChI is InChI=1S/C20H22FNO4/c1-13(2)17-9-4-6-14(3)20(17)22-18(23)11-26-19(24)12-25-16-8-5-7-15(21)10-16/h4-10,13H,11-12H2,1-3H3,(H,22,23). The number of esters is 1. The molecule has 0 unspecified atom stereocenters. The van der Waals surface area contributed by atoms with Gasteiger partial charge in [-0.15, -0.1) is 0 Å². The molecule has 5 nitrogen and oxygen atoms in total. The molecule has 0 saturated heterocycles. The quantitative estimate of drug-likeness (QED) is 0.764. The Balaban J connectivity index is 1.84. The number of rotatable bonds is 7. The molecule has 2 rings (SSSR count). The van der Waals surface area contributed by atoms with Crippen molar-refractivity contribution in [2.24, 2.45) is 0 Å². The van der Waals surface area contributed by atoms with Crippen LogP contribution in [-0.4, -0.2) is 25.1 Å². The first-order valence-corrected chi connectivity index (χ1v) is 8.30. The maximum absolute atomic E-state index is 13.0. The van der Waals surface area contributed by atoms with Crippen LogP contribution in [0, 0.1) is 12.7 Å². The first kappa shape index (κ1) is 19.4. The number of hydrogen-bond acceptors (Lipinski definition) is 4. The molecule has 0 spiro atoms. The van der Waals surface area contributed by atoms with Crippen molar-refractivity contribution in [2.45, 2.75) is 26.7 Å². The minimum absolute atomic E-state index is 0.216. The summed E-state index contributed by atoms with van der Waals surface area (Å²) in [5.74, 6) is -1.15.